The summed E-state index contributed by atoms with van der Waals surface area (Å²) in [7, 11) is 1.67. The Morgan fingerprint density at radius 1 is 1.32 bits per heavy atom. The number of methoxy groups -OCH3 is 1. The lowest BCUT2D eigenvalue weighted by atomic mass is 9.82. The molecular weight excluding hydrogens is 276 g/mol. The van der Waals surface area contributed by atoms with Crippen LogP contribution in [0.4, 0.5) is 0 Å². The maximum atomic E-state index is 10.6. The van der Waals surface area contributed by atoms with Crippen LogP contribution in [-0.2, 0) is 11.2 Å². The van der Waals surface area contributed by atoms with Gasteiger partial charge in [0.15, 0.2) is 11.5 Å². The highest BCUT2D eigenvalue weighted by Gasteiger charge is 2.23. The predicted molar refractivity (Wildman–Crippen MR) is 90.9 cm³/mol. The molecule has 0 N–H and O–H groups in total. The van der Waals surface area contributed by atoms with Crippen molar-refractivity contribution in [3.05, 3.63) is 23.3 Å². The average Bonchev–Trinajstić information content (AvgIpc) is 2.46. The van der Waals surface area contributed by atoms with Gasteiger partial charge in [-0.3, -0.25) is 0 Å². The molecule has 0 aromatic heterocycles. The first-order chi connectivity index (χ1) is 10.3. The van der Waals surface area contributed by atoms with Gasteiger partial charge in [-0.05, 0) is 55.7 Å². The van der Waals surface area contributed by atoms with Gasteiger partial charge >= 0.3 is 0 Å². The van der Waals surface area contributed by atoms with E-state index >= 15 is 0 Å². The van der Waals surface area contributed by atoms with Crippen molar-refractivity contribution in [3.8, 4) is 11.5 Å². The van der Waals surface area contributed by atoms with E-state index in [4.69, 9.17) is 9.47 Å². The van der Waals surface area contributed by atoms with Gasteiger partial charge < -0.3 is 14.3 Å². The smallest absolute Gasteiger partial charge is 0.164 e. The summed E-state index contributed by atoms with van der Waals surface area (Å²) in [6.07, 6.45) is 4.43. The second-order valence-corrected chi connectivity index (χ2v) is 6.74. The summed E-state index contributed by atoms with van der Waals surface area (Å²) in [5.74, 6) is 1.63. The molecule has 0 aliphatic rings. The molecule has 1 aromatic carbocycles. The van der Waals surface area contributed by atoms with Crippen molar-refractivity contribution in [2.75, 3.05) is 7.11 Å². The van der Waals surface area contributed by atoms with Crippen LogP contribution in [0.5, 0.6) is 11.5 Å². The van der Waals surface area contributed by atoms with Crippen LogP contribution in [0.2, 0.25) is 0 Å². The number of aryl methyl sites for hydroxylation is 1. The quantitative estimate of drug-likeness (QED) is 0.619. The first kappa shape index (κ1) is 18.5. The summed E-state index contributed by atoms with van der Waals surface area (Å²) in [6.45, 7) is 10.7. The fourth-order valence-electron chi connectivity index (χ4n) is 2.97. The number of carbonyl (C=O) groups excluding carboxylic acids is 1. The number of aldehydes is 1. The highest BCUT2D eigenvalue weighted by atomic mass is 16.5. The van der Waals surface area contributed by atoms with Gasteiger partial charge in [-0.25, -0.2) is 0 Å². The van der Waals surface area contributed by atoms with Crippen molar-refractivity contribution < 1.29 is 14.3 Å². The van der Waals surface area contributed by atoms with Crippen LogP contribution in [0.15, 0.2) is 12.1 Å². The predicted octanol–water partition coefficient (Wildman–Crippen LogP) is 4.73. The van der Waals surface area contributed by atoms with E-state index < -0.39 is 0 Å². The van der Waals surface area contributed by atoms with E-state index in [2.05, 4.69) is 40.7 Å². The van der Waals surface area contributed by atoms with Crippen LogP contribution in [0.25, 0.3) is 0 Å². The molecular formula is C19H30O3. The van der Waals surface area contributed by atoms with Crippen molar-refractivity contribution in [2.45, 2.75) is 66.4 Å². The summed E-state index contributed by atoms with van der Waals surface area (Å²) in [5.41, 5.74) is 2.52. The van der Waals surface area contributed by atoms with Crippen LogP contribution < -0.4 is 9.47 Å². The summed E-state index contributed by atoms with van der Waals surface area (Å²) in [4.78, 5) is 10.6. The van der Waals surface area contributed by atoms with E-state index in [9.17, 15) is 4.79 Å². The van der Waals surface area contributed by atoms with E-state index in [0.29, 0.717) is 6.42 Å². The molecule has 3 heteroatoms. The fraction of sp³-hybridized carbons (Fsp3) is 0.632. The molecule has 1 aromatic rings. The van der Waals surface area contributed by atoms with Gasteiger partial charge in [0.25, 0.3) is 0 Å². The third kappa shape index (κ3) is 5.04. The molecule has 0 bridgehead atoms. The number of rotatable bonds is 9. The topological polar surface area (TPSA) is 35.5 Å². The number of hydrogen-bond donors (Lipinski definition) is 0. The minimum absolute atomic E-state index is 0.0707. The second-order valence-electron chi connectivity index (χ2n) is 6.74. The van der Waals surface area contributed by atoms with Gasteiger partial charge in [-0.1, -0.05) is 26.8 Å². The first-order valence-corrected chi connectivity index (χ1v) is 8.11. The monoisotopic (exact) mass is 306 g/mol. The summed E-state index contributed by atoms with van der Waals surface area (Å²) < 4.78 is 11.7. The SMILES string of the molecule is CCc1ccc(OC)c(OC(C)CC(C)(C)CCC=O)c1C. The summed E-state index contributed by atoms with van der Waals surface area (Å²) >= 11 is 0. The standard InChI is InChI=1S/C19H30O3/c1-7-16-9-10-17(21-6)18(15(16)3)22-14(2)13-19(4,5)11-8-12-20/h9-10,12,14H,7-8,11,13H2,1-6H3. The maximum Gasteiger partial charge on any atom is 0.164 e. The van der Waals surface area contributed by atoms with Gasteiger partial charge in [0.1, 0.15) is 6.29 Å². The molecule has 0 heterocycles. The van der Waals surface area contributed by atoms with Gasteiger partial charge in [0.2, 0.25) is 0 Å². The Balaban J connectivity index is 2.87. The molecule has 1 atom stereocenters. The second kappa shape index (κ2) is 8.21. The zero-order chi connectivity index (χ0) is 16.8. The van der Waals surface area contributed by atoms with Crippen LogP contribution >= 0.6 is 0 Å². The minimum Gasteiger partial charge on any atom is -0.493 e. The molecule has 22 heavy (non-hydrogen) atoms. The molecule has 1 unspecified atom stereocenters. The maximum absolute atomic E-state index is 10.6. The van der Waals surface area contributed by atoms with E-state index in [1.165, 1.54) is 5.56 Å². The van der Waals surface area contributed by atoms with Gasteiger partial charge in [-0.2, -0.15) is 0 Å². The third-order valence-corrected chi connectivity index (χ3v) is 4.18. The first-order valence-electron chi connectivity index (χ1n) is 8.11. The third-order valence-electron chi connectivity index (χ3n) is 4.18. The highest BCUT2D eigenvalue weighted by Crippen LogP contribution is 2.36. The summed E-state index contributed by atoms with van der Waals surface area (Å²) in [5, 5.41) is 0. The number of carbonyl (C=O) groups is 1. The Kier molecular flexibility index (Phi) is 6.92. The molecule has 0 saturated heterocycles. The van der Waals surface area contributed by atoms with Gasteiger partial charge in [-0.15, -0.1) is 0 Å². The molecule has 0 amide bonds. The molecule has 0 saturated carbocycles. The molecule has 3 nitrogen and oxygen atoms in total. The zero-order valence-electron chi connectivity index (χ0n) is 14.9. The molecule has 1 rings (SSSR count). The van der Waals surface area contributed by atoms with Crippen LogP contribution in [0, 0.1) is 12.3 Å². The number of hydrogen-bond acceptors (Lipinski definition) is 3. The Bertz CT molecular complexity index is 492. The molecule has 0 fully saturated rings. The Morgan fingerprint density at radius 3 is 2.55 bits per heavy atom. The zero-order valence-corrected chi connectivity index (χ0v) is 14.9. The molecule has 0 radical (unpaired) electrons. The Morgan fingerprint density at radius 2 is 2.00 bits per heavy atom. The lowest BCUT2D eigenvalue weighted by Gasteiger charge is -2.29. The van der Waals surface area contributed by atoms with Crippen LogP contribution in [0.3, 0.4) is 0 Å². The number of ether oxygens (including phenoxy) is 2. The molecule has 0 aliphatic carbocycles. The highest BCUT2D eigenvalue weighted by molar-refractivity contribution is 5.50. The lowest BCUT2D eigenvalue weighted by Crippen LogP contribution is -2.23. The largest absolute Gasteiger partial charge is 0.493 e. The molecule has 0 spiro atoms. The Hall–Kier alpha value is -1.51. The minimum atomic E-state index is 0.0707. The lowest BCUT2D eigenvalue weighted by molar-refractivity contribution is -0.108. The van der Waals surface area contributed by atoms with E-state index in [1.54, 1.807) is 7.11 Å². The number of benzene rings is 1. The van der Waals surface area contributed by atoms with Crippen molar-refractivity contribution in [1.82, 2.24) is 0 Å². The van der Waals surface area contributed by atoms with Gasteiger partial charge in [0, 0.05) is 6.42 Å². The van der Waals surface area contributed by atoms with Crippen molar-refractivity contribution in [1.29, 1.82) is 0 Å². The van der Waals surface area contributed by atoms with E-state index in [0.717, 1.165) is 42.6 Å². The van der Waals surface area contributed by atoms with E-state index in [-0.39, 0.29) is 11.5 Å². The van der Waals surface area contributed by atoms with Gasteiger partial charge in [0.05, 0.1) is 13.2 Å². The van der Waals surface area contributed by atoms with Crippen molar-refractivity contribution >= 4 is 6.29 Å². The van der Waals surface area contributed by atoms with Crippen LogP contribution in [0.1, 0.15) is 58.1 Å². The van der Waals surface area contributed by atoms with Crippen molar-refractivity contribution in [2.24, 2.45) is 5.41 Å². The van der Waals surface area contributed by atoms with Crippen LogP contribution in [-0.4, -0.2) is 19.5 Å². The Labute approximate surface area is 135 Å². The summed E-state index contributed by atoms with van der Waals surface area (Å²) in [6, 6.07) is 4.07. The normalized spacial score (nSPS) is 12.8. The average molecular weight is 306 g/mol. The van der Waals surface area contributed by atoms with Crippen molar-refractivity contribution in [3.63, 3.8) is 0 Å². The molecule has 0 aliphatic heterocycles. The van der Waals surface area contributed by atoms with E-state index in [1.807, 2.05) is 6.07 Å². The fourth-order valence-corrected chi connectivity index (χ4v) is 2.97. The molecule has 124 valence electrons.